The monoisotopic (exact) mass is 573 g/mol. The molecule has 0 radical (unpaired) electrons. The van der Waals surface area contributed by atoms with Crippen molar-refractivity contribution >= 4 is 28.3 Å². The Bertz CT molecular complexity index is 1380. The molecule has 13 heteroatoms. The highest BCUT2D eigenvalue weighted by atomic mass is 32.1. The Balaban J connectivity index is 1.04. The molecule has 9 nitrogen and oxygen atoms in total. The van der Waals surface area contributed by atoms with E-state index in [0.717, 1.165) is 60.5 Å². The van der Waals surface area contributed by atoms with Crippen molar-refractivity contribution in [1.29, 1.82) is 0 Å². The summed E-state index contributed by atoms with van der Waals surface area (Å²) in [6, 6.07) is 10.3. The van der Waals surface area contributed by atoms with Gasteiger partial charge in [0.05, 0.1) is 12.2 Å². The smallest absolute Gasteiger partial charge is 0.333 e. The molecule has 6 rings (SSSR count). The molecule has 0 bridgehead atoms. The number of benzene rings is 1. The van der Waals surface area contributed by atoms with Crippen LogP contribution < -0.4 is 5.32 Å². The largest absolute Gasteiger partial charge is 0.451 e. The van der Waals surface area contributed by atoms with Crippen LogP contribution in [0.25, 0.3) is 0 Å². The lowest BCUT2D eigenvalue weighted by Gasteiger charge is -2.33. The summed E-state index contributed by atoms with van der Waals surface area (Å²) in [5.41, 5.74) is 1.78. The number of nitrogens with one attached hydrogen (secondary N) is 1. The number of hydrogen-bond donors (Lipinski definition) is 1. The highest BCUT2D eigenvalue weighted by Crippen LogP contribution is 2.45. The minimum Gasteiger partial charge on any atom is -0.333 e. The van der Waals surface area contributed by atoms with Crippen molar-refractivity contribution in [1.82, 2.24) is 29.5 Å². The van der Waals surface area contributed by atoms with Crippen molar-refractivity contribution in [3.8, 4) is 0 Å². The van der Waals surface area contributed by atoms with E-state index in [1.54, 1.807) is 0 Å². The molecule has 2 aromatic heterocycles. The van der Waals surface area contributed by atoms with Crippen molar-refractivity contribution < 1.29 is 22.8 Å². The summed E-state index contributed by atoms with van der Waals surface area (Å²) in [5.74, 6) is -1.22. The number of fused-ring (bicyclic) bond motifs is 2. The minimum absolute atomic E-state index is 0.00606. The highest BCUT2D eigenvalue weighted by molar-refractivity contribution is 7.15. The number of aromatic nitrogens is 4. The van der Waals surface area contributed by atoms with Crippen molar-refractivity contribution in [2.75, 3.05) is 11.9 Å². The van der Waals surface area contributed by atoms with Crippen LogP contribution in [0.5, 0.6) is 0 Å². The Hall–Kier alpha value is -3.32. The predicted molar refractivity (Wildman–Crippen MR) is 141 cm³/mol. The van der Waals surface area contributed by atoms with Gasteiger partial charge < -0.3 is 14.8 Å². The van der Waals surface area contributed by atoms with Crippen LogP contribution in [-0.2, 0) is 48.5 Å². The van der Waals surface area contributed by atoms with Gasteiger partial charge in [-0.3, -0.25) is 14.5 Å². The van der Waals surface area contributed by atoms with Gasteiger partial charge in [0.2, 0.25) is 17.6 Å². The van der Waals surface area contributed by atoms with E-state index in [0.29, 0.717) is 5.13 Å². The zero-order valence-corrected chi connectivity index (χ0v) is 22.7. The molecule has 3 aromatic rings. The molecule has 1 aromatic carbocycles. The molecule has 40 heavy (non-hydrogen) atoms. The number of halogens is 3. The van der Waals surface area contributed by atoms with Gasteiger partial charge >= 0.3 is 6.18 Å². The van der Waals surface area contributed by atoms with Crippen molar-refractivity contribution in [2.45, 2.75) is 77.4 Å². The van der Waals surface area contributed by atoms with Crippen LogP contribution in [0.4, 0.5) is 18.3 Å². The molecular weight excluding hydrogens is 543 g/mol. The first-order valence-corrected chi connectivity index (χ1v) is 14.3. The van der Waals surface area contributed by atoms with E-state index < -0.39 is 17.4 Å². The Morgan fingerprint density at radius 1 is 1.00 bits per heavy atom. The molecule has 0 atom stereocenters. The molecule has 0 unspecified atom stereocenters. The summed E-state index contributed by atoms with van der Waals surface area (Å²) < 4.78 is 40.5. The van der Waals surface area contributed by atoms with Crippen LogP contribution in [0.2, 0.25) is 0 Å². The zero-order valence-electron chi connectivity index (χ0n) is 21.9. The fourth-order valence-electron chi connectivity index (χ4n) is 6.17. The lowest BCUT2D eigenvalue weighted by Crippen LogP contribution is -2.41. The number of carbonyl (C=O) groups excluding carboxylic acids is 2. The number of nitrogens with zero attached hydrogens (tertiary/aromatic N) is 6. The maximum absolute atomic E-state index is 13.3. The fourth-order valence-corrected chi connectivity index (χ4v) is 7.20. The second-order valence-corrected chi connectivity index (χ2v) is 12.1. The van der Waals surface area contributed by atoms with Crippen molar-refractivity contribution in [3.63, 3.8) is 0 Å². The average molecular weight is 574 g/mol. The van der Waals surface area contributed by atoms with Crippen molar-refractivity contribution in [3.05, 3.63) is 58.1 Å². The standard InChI is InChI=1S/C27H30F3N7O2S/c28-27(29,30)24-34-33-21-17-36(10-11-37(21)24)23(39)13-26(8-4-5-9-26)12-22(38)32-25-31-19-15-35(16-20(19)40-25)14-18-6-2-1-3-7-18/h1-3,6-7H,4-5,8-17H2,(H,31,32,38). The fraction of sp³-hybridized carbons (Fsp3) is 0.519. The van der Waals surface area contributed by atoms with E-state index in [4.69, 9.17) is 0 Å². The van der Waals surface area contributed by atoms with Crippen LogP contribution in [-0.4, -0.2) is 47.9 Å². The quantitative estimate of drug-likeness (QED) is 0.444. The Morgan fingerprint density at radius 3 is 2.50 bits per heavy atom. The van der Waals surface area contributed by atoms with Crippen LogP contribution in [0.1, 0.15) is 66.3 Å². The van der Waals surface area contributed by atoms with Crippen LogP contribution in [0.3, 0.4) is 0 Å². The molecule has 212 valence electrons. The van der Waals surface area contributed by atoms with Crippen molar-refractivity contribution in [2.24, 2.45) is 5.41 Å². The number of hydrogen-bond acceptors (Lipinski definition) is 7. The number of rotatable bonds is 7. The SMILES string of the molecule is O=C(CC1(CC(=O)N2CCn3c(nnc3C(F)(F)F)C2)CCCC1)Nc1nc2c(s1)CN(Cc1ccccc1)C2. The maximum atomic E-state index is 13.3. The van der Waals surface area contributed by atoms with E-state index in [1.807, 2.05) is 18.2 Å². The first-order valence-electron chi connectivity index (χ1n) is 13.5. The second kappa shape index (κ2) is 10.6. The highest BCUT2D eigenvalue weighted by Gasteiger charge is 2.42. The average Bonchev–Trinajstić information content (AvgIpc) is 3.67. The number of carbonyl (C=O) groups is 2. The second-order valence-electron chi connectivity index (χ2n) is 11.0. The number of alkyl halides is 3. The molecule has 1 N–H and O–H groups in total. The van der Waals surface area contributed by atoms with Gasteiger partial charge in [0.1, 0.15) is 0 Å². The molecule has 1 saturated carbocycles. The molecule has 3 aliphatic rings. The van der Waals surface area contributed by atoms with Gasteiger partial charge in [0.15, 0.2) is 11.0 Å². The molecule has 0 saturated heterocycles. The Labute approximate surface area is 233 Å². The van der Waals surface area contributed by atoms with E-state index in [1.165, 1.54) is 21.8 Å². The van der Waals surface area contributed by atoms with E-state index in [-0.39, 0.29) is 50.1 Å². The molecule has 0 spiro atoms. The number of anilines is 1. The van der Waals surface area contributed by atoms with Gasteiger partial charge in [-0.25, -0.2) is 4.98 Å². The van der Waals surface area contributed by atoms with Crippen LogP contribution in [0, 0.1) is 5.41 Å². The molecule has 2 aliphatic heterocycles. The third kappa shape index (κ3) is 5.62. The summed E-state index contributed by atoms with van der Waals surface area (Å²) in [6.45, 7) is 2.51. The van der Waals surface area contributed by atoms with Gasteiger partial charge in [-0.2, -0.15) is 13.2 Å². The molecule has 4 heterocycles. The number of amides is 2. The normalized spacial score (nSPS) is 18.5. The summed E-state index contributed by atoms with van der Waals surface area (Å²) in [5, 5.41) is 10.5. The summed E-state index contributed by atoms with van der Waals surface area (Å²) >= 11 is 1.50. The molecule has 1 fully saturated rings. The van der Waals surface area contributed by atoms with Gasteiger partial charge in [0, 0.05) is 50.4 Å². The lowest BCUT2D eigenvalue weighted by atomic mass is 9.78. The zero-order chi connectivity index (χ0) is 27.9. The topological polar surface area (TPSA) is 96.2 Å². The molecule has 1 aliphatic carbocycles. The molecular formula is C27H30F3N7O2S. The lowest BCUT2D eigenvalue weighted by molar-refractivity contribution is -0.148. The van der Waals surface area contributed by atoms with Gasteiger partial charge in [-0.1, -0.05) is 43.2 Å². The Morgan fingerprint density at radius 2 is 1.77 bits per heavy atom. The Kier molecular flexibility index (Phi) is 7.11. The summed E-state index contributed by atoms with van der Waals surface area (Å²) in [4.78, 5) is 36.1. The summed E-state index contributed by atoms with van der Waals surface area (Å²) in [6.07, 6.45) is -0.791. The van der Waals surface area contributed by atoms with Crippen LogP contribution >= 0.6 is 11.3 Å². The molecule has 2 amide bonds. The minimum atomic E-state index is -4.59. The first-order chi connectivity index (χ1) is 19.2. The maximum Gasteiger partial charge on any atom is 0.451 e. The third-order valence-corrected chi connectivity index (χ3v) is 9.10. The van der Waals surface area contributed by atoms with E-state index >= 15 is 0 Å². The van der Waals surface area contributed by atoms with Gasteiger partial charge in [-0.15, -0.1) is 21.5 Å². The van der Waals surface area contributed by atoms with Crippen LogP contribution in [0.15, 0.2) is 30.3 Å². The van der Waals surface area contributed by atoms with E-state index in [9.17, 15) is 22.8 Å². The van der Waals surface area contributed by atoms with Gasteiger partial charge in [-0.05, 0) is 23.8 Å². The third-order valence-electron chi connectivity index (χ3n) is 8.10. The first kappa shape index (κ1) is 26.9. The number of thiazole rings is 1. The van der Waals surface area contributed by atoms with Gasteiger partial charge in [0.25, 0.3) is 0 Å². The summed E-state index contributed by atoms with van der Waals surface area (Å²) in [7, 11) is 0. The predicted octanol–water partition coefficient (Wildman–Crippen LogP) is 4.59. The van der Waals surface area contributed by atoms with E-state index in [2.05, 4.69) is 37.5 Å².